The highest BCUT2D eigenvalue weighted by molar-refractivity contribution is 8.00. The third kappa shape index (κ3) is 4.31. The number of nitrogens with one attached hydrogen (secondary N) is 1. The summed E-state index contributed by atoms with van der Waals surface area (Å²) in [6, 6.07) is 2.21. The van der Waals surface area contributed by atoms with Crippen LogP contribution in [0, 0.1) is 0 Å². The number of hydrogen-bond acceptors (Lipinski definition) is 6. The molecule has 0 aliphatic carbocycles. The summed E-state index contributed by atoms with van der Waals surface area (Å²) in [4.78, 5) is 11.7. The van der Waals surface area contributed by atoms with Crippen LogP contribution in [0.5, 0.6) is 0 Å². The van der Waals surface area contributed by atoms with Gasteiger partial charge in [0.1, 0.15) is 9.86 Å². The molecule has 0 bridgehead atoms. The summed E-state index contributed by atoms with van der Waals surface area (Å²) in [5, 5.41) is 14.9. The van der Waals surface area contributed by atoms with Crippen molar-refractivity contribution < 1.29 is 5.11 Å². The molecule has 116 valence electrons. The Bertz CT molecular complexity index is 586. The van der Waals surface area contributed by atoms with E-state index in [0.717, 1.165) is 41.0 Å². The van der Waals surface area contributed by atoms with Crippen LogP contribution < -0.4 is 5.32 Å². The molecule has 0 aromatic carbocycles. The van der Waals surface area contributed by atoms with Crippen LogP contribution in [0.1, 0.15) is 38.5 Å². The highest BCUT2D eigenvalue weighted by Crippen LogP contribution is 2.35. The average molecular weight is 326 g/mol. The molecule has 2 N–H and O–H groups in total. The van der Waals surface area contributed by atoms with Crippen LogP contribution in [-0.2, 0) is 6.42 Å². The standard InChI is InChI=1S/C15H23N3OS2/c1-4-7-16-15-17-13(20-10(3)6-8-19)12-9-11(5-2)21-14(12)18-15/h9-10,19H,4-8H2,1-3H3,(H,16,17,18). The zero-order valence-corrected chi connectivity index (χ0v) is 14.5. The van der Waals surface area contributed by atoms with Gasteiger partial charge in [0, 0.05) is 28.7 Å². The summed E-state index contributed by atoms with van der Waals surface area (Å²) in [7, 11) is 0. The number of aliphatic hydroxyl groups excluding tert-OH is 1. The van der Waals surface area contributed by atoms with Crippen molar-refractivity contribution in [1.29, 1.82) is 0 Å². The first-order chi connectivity index (χ1) is 10.2. The van der Waals surface area contributed by atoms with Gasteiger partial charge >= 0.3 is 0 Å². The van der Waals surface area contributed by atoms with Gasteiger partial charge in [-0.1, -0.05) is 20.8 Å². The third-order valence-corrected chi connectivity index (χ3v) is 5.48. The Morgan fingerprint density at radius 3 is 2.86 bits per heavy atom. The maximum atomic E-state index is 9.08. The highest BCUT2D eigenvalue weighted by Gasteiger charge is 2.14. The van der Waals surface area contributed by atoms with E-state index < -0.39 is 0 Å². The molecule has 2 rings (SSSR count). The van der Waals surface area contributed by atoms with Gasteiger partial charge in [0.2, 0.25) is 5.95 Å². The summed E-state index contributed by atoms with van der Waals surface area (Å²) in [5.74, 6) is 0.715. The average Bonchev–Trinajstić information content (AvgIpc) is 2.88. The fraction of sp³-hybridized carbons (Fsp3) is 0.600. The smallest absolute Gasteiger partial charge is 0.225 e. The number of hydrogen-bond donors (Lipinski definition) is 2. The molecular formula is C15H23N3OS2. The van der Waals surface area contributed by atoms with Gasteiger partial charge in [0.15, 0.2) is 0 Å². The Balaban J connectivity index is 2.35. The number of aromatic nitrogens is 2. The van der Waals surface area contributed by atoms with Gasteiger partial charge in [0.25, 0.3) is 0 Å². The molecule has 0 saturated carbocycles. The Labute approximate surface area is 134 Å². The zero-order valence-electron chi connectivity index (χ0n) is 12.8. The van der Waals surface area contributed by atoms with Gasteiger partial charge in [-0.25, -0.2) is 9.97 Å². The predicted molar refractivity (Wildman–Crippen MR) is 92.6 cm³/mol. The van der Waals surface area contributed by atoms with Gasteiger partial charge in [0.05, 0.1) is 0 Å². The van der Waals surface area contributed by atoms with E-state index in [1.807, 2.05) is 0 Å². The van der Waals surface area contributed by atoms with Gasteiger partial charge in [-0.15, -0.1) is 23.1 Å². The number of rotatable bonds is 8. The van der Waals surface area contributed by atoms with Crippen molar-refractivity contribution in [3.8, 4) is 0 Å². The number of thioether (sulfide) groups is 1. The van der Waals surface area contributed by atoms with E-state index in [1.165, 1.54) is 4.88 Å². The largest absolute Gasteiger partial charge is 0.396 e. The van der Waals surface area contributed by atoms with E-state index in [4.69, 9.17) is 5.11 Å². The van der Waals surface area contributed by atoms with Gasteiger partial charge in [-0.05, 0) is 25.3 Å². The lowest BCUT2D eigenvalue weighted by atomic mass is 10.3. The van der Waals surface area contributed by atoms with E-state index in [-0.39, 0.29) is 6.61 Å². The van der Waals surface area contributed by atoms with E-state index in [2.05, 4.69) is 42.1 Å². The lowest BCUT2D eigenvalue weighted by Gasteiger charge is -2.11. The first kappa shape index (κ1) is 16.5. The molecule has 0 radical (unpaired) electrons. The SMILES string of the molecule is CCCNc1nc(SC(C)CCO)c2cc(CC)sc2n1. The second-order valence-electron chi connectivity index (χ2n) is 5.00. The van der Waals surface area contributed by atoms with Crippen molar-refractivity contribution in [3.63, 3.8) is 0 Å². The molecule has 0 aliphatic heterocycles. The lowest BCUT2D eigenvalue weighted by Crippen LogP contribution is -2.06. The van der Waals surface area contributed by atoms with Gasteiger partial charge in [-0.3, -0.25) is 0 Å². The van der Waals surface area contributed by atoms with Crippen LogP contribution in [-0.4, -0.2) is 33.5 Å². The van der Waals surface area contributed by atoms with Crippen molar-refractivity contribution in [2.24, 2.45) is 0 Å². The minimum absolute atomic E-state index is 0.215. The second kappa shape index (κ2) is 7.96. The van der Waals surface area contributed by atoms with Crippen LogP contribution in [0.4, 0.5) is 5.95 Å². The molecule has 2 aromatic heterocycles. The fourth-order valence-corrected chi connectivity index (χ4v) is 4.01. The maximum Gasteiger partial charge on any atom is 0.225 e. The molecule has 0 amide bonds. The van der Waals surface area contributed by atoms with Crippen molar-refractivity contribution in [2.75, 3.05) is 18.5 Å². The molecular weight excluding hydrogens is 302 g/mol. The number of aryl methyl sites for hydroxylation is 1. The Kier molecular flexibility index (Phi) is 6.26. The fourth-order valence-electron chi connectivity index (χ4n) is 1.96. The van der Waals surface area contributed by atoms with E-state index >= 15 is 0 Å². The van der Waals surface area contributed by atoms with Crippen LogP contribution >= 0.6 is 23.1 Å². The molecule has 1 unspecified atom stereocenters. The Morgan fingerprint density at radius 2 is 2.19 bits per heavy atom. The zero-order chi connectivity index (χ0) is 15.2. The molecule has 1 atom stereocenters. The monoisotopic (exact) mass is 325 g/mol. The van der Waals surface area contributed by atoms with Crippen LogP contribution in [0.25, 0.3) is 10.2 Å². The molecule has 0 aliphatic rings. The molecule has 0 spiro atoms. The number of fused-ring (bicyclic) bond motifs is 1. The summed E-state index contributed by atoms with van der Waals surface area (Å²) >= 11 is 3.47. The topological polar surface area (TPSA) is 58.0 Å². The number of anilines is 1. The Morgan fingerprint density at radius 1 is 1.38 bits per heavy atom. The van der Waals surface area contributed by atoms with Crippen molar-refractivity contribution in [2.45, 2.75) is 50.3 Å². The number of nitrogens with zero attached hydrogens (tertiary/aromatic N) is 2. The first-order valence-electron chi connectivity index (χ1n) is 7.49. The summed E-state index contributed by atoms with van der Waals surface area (Å²) in [6.07, 6.45) is 2.85. The molecule has 2 aromatic rings. The first-order valence-corrected chi connectivity index (χ1v) is 9.19. The molecule has 0 saturated heterocycles. The van der Waals surface area contributed by atoms with Crippen LogP contribution in [0.3, 0.4) is 0 Å². The van der Waals surface area contributed by atoms with Gasteiger partial charge in [-0.2, -0.15) is 0 Å². The lowest BCUT2D eigenvalue weighted by molar-refractivity contribution is 0.289. The summed E-state index contributed by atoms with van der Waals surface area (Å²) < 4.78 is 0. The van der Waals surface area contributed by atoms with Crippen LogP contribution in [0.15, 0.2) is 11.1 Å². The normalized spacial score (nSPS) is 12.8. The molecule has 2 heterocycles. The third-order valence-electron chi connectivity index (χ3n) is 3.14. The predicted octanol–water partition coefficient (Wildman–Crippen LogP) is 3.94. The summed E-state index contributed by atoms with van der Waals surface area (Å²) in [6.45, 7) is 7.52. The second-order valence-corrected chi connectivity index (χ2v) is 7.55. The van der Waals surface area contributed by atoms with Crippen molar-refractivity contribution in [3.05, 3.63) is 10.9 Å². The molecule has 6 heteroatoms. The quantitative estimate of drug-likeness (QED) is 0.569. The number of aliphatic hydroxyl groups is 1. The molecule has 0 fully saturated rings. The summed E-state index contributed by atoms with van der Waals surface area (Å²) in [5.41, 5.74) is 0. The van der Waals surface area contributed by atoms with Crippen molar-refractivity contribution >= 4 is 39.3 Å². The highest BCUT2D eigenvalue weighted by atomic mass is 32.2. The molecule has 4 nitrogen and oxygen atoms in total. The Hall–Kier alpha value is -0.850. The number of thiophene rings is 1. The van der Waals surface area contributed by atoms with Gasteiger partial charge < -0.3 is 10.4 Å². The maximum absolute atomic E-state index is 9.08. The van der Waals surface area contributed by atoms with Crippen LogP contribution in [0.2, 0.25) is 0 Å². The minimum atomic E-state index is 0.215. The van der Waals surface area contributed by atoms with Crippen molar-refractivity contribution in [1.82, 2.24) is 9.97 Å². The minimum Gasteiger partial charge on any atom is -0.396 e. The van der Waals surface area contributed by atoms with E-state index in [0.29, 0.717) is 11.2 Å². The van der Waals surface area contributed by atoms with E-state index in [9.17, 15) is 0 Å². The molecule has 21 heavy (non-hydrogen) atoms. The van der Waals surface area contributed by atoms with E-state index in [1.54, 1.807) is 23.1 Å².